The summed E-state index contributed by atoms with van der Waals surface area (Å²) in [6.45, 7) is 0. The van der Waals surface area contributed by atoms with Crippen LogP contribution in [0.2, 0.25) is 5.02 Å². The molecule has 20 heavy (non-hydrogen) atoms. The number of aliphatic hydroxyl groups is 1. The molecule has 0 aliphatic carbocycles. The van der Waals surface area contributed by atoms with Crippen LogP contribution in [-0.4, -0.2) is 33.2 Å². The largest absolute Gasteiger partial charge is 0.378 e. The van der Waals surface area contributed by atoms with Gasteiger partial charge in [0.05, 0.1) is 11.5 Å². The molecule has 1 aromatic carbocycles. The van der Waals surface area contributed by atoms with E-state index in [0.717, 1.165) is 5.56 Å². The maximum atomic E-state index is 11.5. The maximum Gasteiger partial charge on any atom is 0.239 e. The van der Waals surface area contributed by atoms with E-state index in [1.165, 1.54) is 11.8 Å². The predicted octanol–water partition coefficient (Wildman–Crippen LogP) is 2.21. The molecule has 0 radical (unpaired) electrons. The third-order valence-electron chi connectivity index (χ3n) is 2.41. The summed E-state index contributed by atoms with van der Waals surface area (Å²) >= 11 is 12.4. The number of thioether (sulfide) groups is 1. The minimum atomic E-state index is -1.05. The molecule has 106 valence electrons. The normalized spacial score (nSPS) is 22.4. The quantitative estimate of drug-likeness (QED) is 0.504. The molecule has 0 saturated carbocycles. The second-order valence-corrected chi connectivity index (χ2v) is 6.10. The standard InChI is InChI=1S/C12H11Cl2N3O2S/c13-8-3-1-7(2-4-8)6-15-17-12-16-11(19)9(20-12)5-10(14)18/h1-4,6,9-10,18H,5H2,(H,16,17,19)/b15-6+. The van der Waals surface area contributed by atoms with Crippen molar-refractivity contribution in [3.63, 3.8) is 0 Å². The van der Waals surface area contributed by atoms with Crippen molar-refractivity contribution in [3.05, 3.63) is 34.9 Å². The molecule has 8 heteroatoms. The highest BCUT2D eigenvalue weighted by atomic mass is 35.5. The van der Waals surface area contributed by atoms with Gasteiger partial charge in [0.1, 0.15) is 5.56 Å². The molecule has 5 nitrogen and oxygen atoms in total. The number of carbonyl (C=O) groups is 1. The molecule has 2 unspecified atom stereocenters. The summed E-state index contributed by atoms with van der Waals surface area (Å²) in [6.07, 6.45) is 1.72. The Balaban J connectivity index is 1.95. The lowest BCUT2D eigenvalue weighted by atomic mass is 10.2. The van der Waals surface area contributed by atoms with Crippen molar-refractivity contribution < 1.29 is 9.90 Å². The Morgan fingerprint density at radius 3 is 2.80 bits per heavy atom. The molecule has 1 heterocycles. The van der Waals surface area contributed by atoms with E-state index in [-0.39, 0.29) is 12.3 Å². The maximum absolute atomic E-state index is 11.5. The fraction of sp³-hybridized carbons (Fsp3) is 0.250. The molecule has 1 aliphatic heterocycles. The third kappa shape index (κ3) is 4.49. The molecule has 0 bridgehead atoms. The zero-order chi connectivity index (χ0) is 14.5. The van der Waals surface area contributed by atoms with Crippen molar-refractivity contribution in [2.24, 2.45) is 10.2 Å². The van der Waals surface area contributed by atoms with Crippen molar-refractivity contribution in [1.29, 1.82) is 0 Å². The van der Waals surface area contributed by atoms with Gasteiger partial charge in [-0.2, -0.15) is 5.10 Å². The van der Waals surface area contributed by atoms with Gasteiger partial charge in [0, 0.05) is 11.4 Å². The lowest BCUT2D eigenvalue weighted by Gasteiger charge is -2.04. The summed E-state index contributed by atoms with van der Waals surface area (Å²) in [7, 11) is 0. The predicted molar refractivity (Wildman–Crippen MR) is 82.5 cm³/mol. The minimum absolute atomic E-state index is 0.165. The van der Waals surface area contributed by atoms with Crippen molar-refractivity contribution in [1.82, 2.24) is 5.32 Å². The van der Waals surface area contributed by atoms with Gasteiger partial charge in [0.15, 0.2) is 5.17 Å². The number of hydrogen-bond acceptors (Lipinski definition) is 5. The number of hydrogen-bond donors (Lipinski definition) is 2. The van der Waals surface area contributed by atoms with Crippen LogP contribution in [0, 0.1) is 0 Å². The first kappa shape index (κ1) is 15.3. The van der Waals surface area contributed by atoms with Gasteiger partial charge in [0.2, 0.25) is 5.91 Å². The van der Waals surface area contributed by atoms with Crippen LogP contribution < -0.4 is 5.32 Å². The van der Waals surface area contributed by atoms with E-state index in [1.54, 1.807) is 30.5 Å². The number of alkyl halides is 1. The highest BCUT2D eigenvalue weighted by Crippen LogP contribution is 2.24. The monoisotopic (exact) mass is 331 g/mol. The summed E-state index contributed by atoms with van der Waals surface area (Å²) in [4.78, 5) is 11.5. The zero-order valence-electron chi connectivity index (χ0n) is 10.2. The van der Waals surface area contributed by atoms with Crippen molar-refractivity contribution >= 4 is 52.3 Å². The first-order valence-corrected chi connectivity index (χ1v) is 7.40. The van der Waals surface area contributed by atoms with E-state index in [9.17, 15) is 4.79 Å². The average molecular weight is 332 g/mol. The number of rotatable bonds is 4. The van der Waals surface area contributed by atoms with Gasteiger partial charge in [-0.1, -0.05) is 47.1 Å². The Morgan fingerprint density at radius 2 is 2.15 bits per heavy atom. The number of aliphatic hydroxyl groups excluding tert-OH is 1. The summed E-state index contributed by atoms with van der Waals surface area (Å²) in [6, 6.07) is 7.11. The number of nitrogens with zero attached hydrogens (tertiary/aromatic N) is 2. The Hall–Kier alpha value is -1.08. The molecular formula is C12H11Cl2N3O2S. The molecule has 1 amide bonds. The molecule has 1 fully saturated rings. The van der Waals surface area contributed by atoms with Gasteiger partial charge in [-0.15, -0.1) is 5.10 Å². The Morgan fingerprint density at radius 1 is 1.45 bits per heavy atom. The van der Waals surface area contributed by atoms with Crippen LogP contribution in [-0.2, 0) is 4.79 Å². The number of amides is 1. The highest BCUT2D eigenvalue weighted by molar-refractivity contribution is 8.15. The average Bonchev–Trinajstić information content (AvgIpc) is 2.72. The van der Waals surface area contributed by atoms with E-state index in [0.29, 0.717) is 10.2 Å². The number of carbonyl (C=O) groups excluding carboxylic acids is 1. The summed E-state index contributed by atoms with van der Waals surface area (Å²) < 4.78 is 0. The van der Waals surface area contributed by atoms with Crippen LogP contribution in [0.1, 0.15) is 12.0 Å². The van der Waals surface area contributed by atoms with E-state index in [1.807, 2.05) is 0 Å². The second-order valence-electron chi connectivity index (χ2n) is 3.97. The fourth-order valence-corrected chi connectivity index (χ4v) is 2.86. The van der Waals surface area contributed by atoms with Gasteiger partial charge in [0.25, 0.3) is 0 Å². The third-order valence-corrected chi connectivity index (χ3v) is 3.94. The van der Waals surface area contributed by atoms with Crippen molar-refractivity contribution in [3.8, 4) is 0 Å². The zero-order valence-corrected chi connectivity index (χ0v) is 12.5. The minimum Gasteiger partial charge on any atom is -0.378 e. The van der Waals surface area contributed by atoms with Gasteiger partial charge in [-0.05, 0) is 17.7 Å². The topological polar surface area (TPSA) is 74.0 Å². The van der Waals surface area contributed by atoms with E-state index >= 15 is 0 Å². The van der Waals surface area contributed by atoms with E-state index in [2.05, 4.69) is 15.5 Å². The molecule has 0 spiro atoms. The van der Waals surface area contributed by atoms with Crippen LogP contribution in [0.5, 0.6) is 0 Å². The van der Waals surface area contributed by atoms with Crippen LogP contribution in [0.15, 0.2) is 34.5 Å². The van der Waals surface area contributed by atoms with Gasteiger partial charge < -0.3 is 10.4 Å². The summed E-state index contributed by atoms with van der Waals surface area (Å²) in [5.74, 6) is -0.227. The number of benzene rings is 1. The van der Waals surface area contributed by atoms with Crippen molar-refractivity contribution in [2.75, 3.05) is 0 Å². The van der Waals surface area contributed by atoms with Crippen LogP contribution in [0.4, 0.5) is 0 Å². The smallest absolute Gasteiger partial charge is 0.239 e. The fourth-order valence-electron chi connectivity index (χ4n) is 1.48. The number of nitrogens with one attached hydrogen (secondary N) is 1. The molecule has 0 aromatic heterocycles. The number of amidine groups is 1. The first-order valence-electron chi connectivity index (χ1n) is 5.71. The molecule has 1 saturated heterocycles. The highest BCUT2D eigenvalue weighted by Gasteiger charge is 2.31. The Bertz CT molecular complexity index is 546. The molecule has 2 atom stereocenters. The SMILES string of the molecule is O=C1N/C(=N/N=C/c2ccc(Cl)cc2)SC1CC(O)Cl. The lowest BCUT2D eigenvalue weighted by Crippen LogP contribution is -2.26. The van der Waals surface area contributed by atoms with Crippen LogP contribution in [0.3, 0.4) is 0 Å². The van der Waals surface area contributed by atoms with Gasteiger partial charge >= 0.3 is 0 Å². The second kappa shape index (κ2) is 7.08. The molecular weight excluding hydrogens is 321 g/mol. The summed E-state index contributed by atoms with van der Waals surface area (Å²) in [5.41, 5.74) is -0.198. The first-order chi connectivity index (χ1) is 9.54. The molecule has 2 N–H and O–H groups in total. The van der Waals surface area contributed by atoms with Crippen LogP contribution >= 0.6 is 35.0 Å². The van der Waals surface area contributed by atoms with Gasteiger partial charge in [-0.3, -0.25) is 4.79 Å². The van der Waals surface area contributed by atoms with E-state index < -0.39 is 10.8 Å². The molecule has 2 rings (SSSR count). The number of halogens is 2. The summed E-state index contributed by atoms with van der Waals surface area (Å²) in [5, 5.41) is 20.0. The van der Waals surface area contributed by atoms with Gasteiger partial charge in [-0.25, -0.2) is 0 Å². The Labute approximate surface area is 130 Å². The lowest BCUT2D eigenvalue weighted by molar-refractivity contribution is -0.119. The van der Waals surface area contributed by atoms with Crippen LogP contribution in [0.25, 0.3) is 0 Å². The molecule has 1 aromatic rings. The van der Waals surface area contributed by atoms with E-state index in [4.69, 9.17) is 28.3 Å². The molecule has 1 aliphatic rings. The Kier molecular flexibility index (Phi) is 5.42. The van der Waals surface area contributed by atoms with Crippen molar-refractivity contribution in [2.45, 2.75) is 17.2 Å².